The van der Waals surface area contributed by atoms with Crippen LogP contribution in [-0.2, 0) is 35.4 Å². The summed E-state index contributed by atoms with van der Waals surface area (Å²) in [5, 5.41) is 0. The number of benzene rings is 2. The molecular formula is C20H21BrO3. The number of hydrogen-bond donors (Lipinski definition) is 0. The van der Waals surface area contributed by atoms with Crippen LogP contribution in [0.5, 0.6) is 5.75 Å². The molecule has 0 spiro atoms. The Hall–Kier alpha value is -1.81. The molecule has 0 aliphatic heterocycles. The molecule has 1 aliphatic carbocycles. The summed E-state index contributed by atoms with van der Waals surface area (Å²) in [5.41, 5.74) is 4.86. The van der Waals surface area contributed by atoms with Crippen LogP contribution >= 0.6 is 15.9 Å². The second-order valence-electron chi connectivity index (χ2n) is 5.95. The minimum absolute atomic E-state index is 0.228. The van der Waals surface area contributed by atoms with Gasteiger partial charge in [0, 0.05) is 10.0 Å². The third-order valence-corrected chi connectivity index (χ3v) is 4.94. The van der Waals surface area contributed by atoms with Gasteiger partial charge in [-0.25, -0.2) is 0 Å². The lowest BCUT2D eigenvalue weighted by Crippen LogP contribution is -2.09. The summed E-state index contributed by atoms with van der Waals surface area (Å²) < 4.78 is 12.2. The van der Waals surface area contributed by atoms with Crippen LogP contribution < -0.4 is 4.74 Å². The van der Waals surface area contributed by atoms with Crippen molar-refractivity contribution in [2.24, 2.45) is 0 Å². The van der Waals surface area contributed by atoms with Crippen LogP contribution in [0, 0.1) is 0 Å². The Kier molecular flexibility index (Phi) is 5.56. The van der Waals surface area contributed by atoms with Crippen molar-refractivity contribution in [2.75, 3.05) is 6.61 Å². The summed E-state index contributed by atoms with van der Waals surface area (Å²) >= 11 is 3.67. The molecule has 0 heterocycles. The van der Waals surface area contributed by atoms with Crippen molar-refractivity contribution >= 4 is 21.9 Å². The maximum atomic E-state index is 11.7. The normalized spacial score (nSPS) is 12.8. The molecule has 1 aliphatic rings. The average molecular weight is 389 g/mol. The standard InChI is InChI=1S/C20H21BrO3/c1-2-23-20(22)12-16-6-3-4-9-19(16)24-13-14-10-15-7-5-8-17(15)18(21)11-14/h3-4,6,9-11H,2,5,7-8,12-13H2,1H3. The second kappa shape index (κ2) is 7.84. The first kappa shape index (κ1) is 17.0. The first-order valence-corrected chi connectivity index (χ1v) is 9.13. The van der Waals surface area contributed by atoms with Crippen LogP contribution in [0.15, 0.2) is 40.9 Å². The zero-order chi connectivity index (χ0) is 16.9. The molecule has 0 saturated carbocycles. The number of para-hydroxylation sites is 1. The topological polar surface area (TPSA) is 35.5 Å². The number of aryl methyl sites for hydroxylation is 1. The van der Waals surface area contributed by atoms with Crippen LogP contribution in [0.2, 0.25) is 0 Å². The Bertz CT molecular complexity index is 740. The van der Waals surface area contributed by atoms with Gasteiger partial charge in [0.15, 0.2) is 0 Å². The number of halogens is 1. The van der Waals surface area contributed by atoms with E-state index in [0.717, 1.165) is 29.7 Å². The smallest absolute Gasteiger partial charge is 0.310 e. The van der Waals surface area contributed by atoms with Crippen molar-refractivity contribution in [1.82, 2.24) is 0 Å². The molecule has 0 saturated heterocycles. The number of rotatable bonds is 6. The van der Waals surface area contributed by atoms with E-state index in [0.29, 0.717) is 13.2 Å². The predicted molar refractivity (Wildman–Crippen MR) is 97.3 cm³/mol. The van der Waals surface area contributed by atoms with Gasteiger partial charge in [-0.15, -0.1) is 0 Å². The number of ether oxygens (including phenoxy) is 2. The van der Waals surface area contributed by atoms with E-state index in [1.807, 2.05) is 31.2 Å². The summed E-state index contributed by atoms with van der Waals surface area (Å²) in [6.45, 7) is 2.70. The molecule has 3 rings (SSSR count). The van der Waals surface area contributed by atoms with E-state index in [1.165, 1.54) is 22.0 Å². The molecule has 4 heteroatoms. The fourth-order valence-electron chi connectivity index (χ4n) is 3.12. The Morgan fingerprint density at radius 2 is 2.04 bits per heavy atom. The zero-order valence-electron chi connectivity index (χ0n) is 13.8. The first-order valence-electron chi connectivity index (χ1n) is 8.34. The van der Waals surface area contributed by atoms with Crippen molar-refractivity contribution in [2.45, 2.75) is 39.2 Å². The summed E-state index contributed by atoms with van der Waals surface area (Å²) in [6, 6.07) is 12.0. The van der Waals surface area contributed by atoms with Gasteiger partial charge in [0.05, 0.1) is 13.0 Å². The molecule has 2 aromatic carbocycles. The quantitative estimate of drug-likeness (QED) is 0.677. The van der Waals surface area contributed by atoms with Crippen molar-refractivity contribution < 1.29 is 14.3 Å². The van der Waals surface area contributed by atoms with E-state index < -0.39 is 0 Å². The highest BCUT2D eigenvalue weighted by Gasteiger charge is 2.15. The third-order valence-electron chi connectivity index (χ3n) is 4.23. The van der Waals surface area contributed by atoms with E-state index in [9.17, 15) is 4.79 Å². The number of carbonyl (C=O) groups is 1. The SMILES string of the molecule is CCOC(=O)Cc1ccccc1OCc1cc(Br)c2c(c1)CCC2. The monoisotopic (exact) mass is 388 g/mol. The van der Waals surface area contributed by atoms with Crippen molar-refractivity contribution in [3.63, 3.8) is 0 Å². The molecule has 0 radical (unpaired) electrons. The Morgan fingerprint density at radius 3 is 2.88 bits per heavy atom. The summed E-state index contributed by atoms with van der Waals surface area (Å²) in [7, 11) is 0. The molecule has 0 aromatic heterocycles. The lowest BCUT2D eigenvalue weighted by atomic mass is 10.1. The van der Waals surface area contributed by atoms with Gasteiger partial charge in [0.2, 0.25) is 0 Å². The largest absolute Gasteiger partial charge is 0.489 e. The molecular weight excluding hydrogens is 368 g/mol. The Morgan fingerprint density at radius 1 is 1.21 bits per heavy atom. The van der Waals surface area contributed by atoms with Gasteiger partial charge in [-0.3, -0.25) is 4.79 Å². The lowest BCUT2D eigenvalue weighted by Gasteiger charge is -2.13. The van der Waals surface area contributed by atoms with Crippen LogP contribution in [0.25, 0.3) is 0 Å². The van der Waals surface area contributed by atoms with E-state index in [1.54, 1.807) is 0 Å². The number of hydrogen-bond acceptors (Lipinski definition) is 3. The molecule has 0 fully saturated rings. The molecule has 3 nitrogen and oxygen atoms in total. The molecule has 0 N–H and O–H groups in total. The van der Waals surface area contributed by atoms with Gasteiger partial charge in [-0.05, 0) is 55.0 Å². The highest BCUT2D eigenvalue weighted by molar-refractivity contribution is 9.10. The second-order valence-corrected chi connectivity index (χ2v) is 6.80. The third kappa shape index (κ3) is 3.99. The maximum absolute atomic E-state index is 11.7. The molecule has 0 amide bonds. The van der Waals surface area contributed by atoms with Crippen molar-refractivity contribution in [1.29, 1.82) is 0 Å². The molecule has 2 aromatic rings. The molecule has 126 valence electrons. The van der Waals surface area contributed by atoms with Gasteiger partial charge in [-0.2, -0.15) is 0 Å². The van der Waals surface area contributed by atoms with Crippen LogP contribution in [0.4, 0.5) is 0 Å². The molecule has 0 bridgehead atoms. The minimum atomic E-state index is -0.228. The Labute approximate surface area is 151 Å². The van der Waals surface area contributed by atoms with E-state index in [-0.39, 0.29) is 12.4 Å². The number of fused-ring (bicyclic) bond motifs is 1. The molecule has 24 heavy (non-hydrogen) atoms. The van der Waals surface area contributed by atoms with Gasteiger partial charge in [0.25, 0.3) is 0 Å². The van der Waals surface area contributed by atoms with Crippen LogP contribution in [0.3, 0.4) is 0 Å². The predicted octanol–water partition coefficient (Wildman–Crippen LogP) is 4.62. The van der Waals surface area contributed by atoms with Gasteiger partial charge < -0.3 is 9.47 Å². The van der Waals surface area contributed by atoms with E-state index in [2.05, 4.69) is 28.1 Å². The van der Waals surface area contributed by atoms with Crippen LogP contribution in [-0.4, -0.2) is 12.6 Å². The van der Waals surface area contributed by atoms with Gasteiger partial charge in [0.1, 0.15) is 12.4 Å². The van der Waals surface area contributed by atoms with E-state index in [4.69, 9.17) is 9.47 Å². The van der Waals surface area contributed by atoms with Gasteiger partial charge >= 0.3 is 5.97 Å². The Balaban J connectivity index is 1.71. The fourth-order valence-corrected chi connectivity index (χ4v) is 3.86. The summed E-state index contributed by atoms with van der Waals surface area (Å²) in [6.07, 6.45) is 3.75. The first-order chi connectivity index (χ1) is 11.7. The van der Waals surface area contributed by atoms with Crippen molar-refractivity contribution in [3.8, 4) is 5.75 Å². The average Bonchev–Trinajstić information content (AvgIpc) is 3.03. The minimum Gasteiger partial charge on any atom is -0.489 e. The number of carbonyl (C=O) groups excluding carboxylic acids is 1. The highest BCUT2D eigenvalue weighted by atomic mass is 79.9. The molecule has 0 atom stereocenters. The van der Waals surface area contributed by atoms with E-state index >= 15 is 0 Å². The zero-order valence-corrected chi connectivity index (χ0v) is 15.4. The maximum Gasteiger partial charge on any atom is 0.310 e. The molecule has 0 unspecified atom stereocenters. The number of esters is 1. The fraction of sp³-hybridized carbons (Fsp3) is 0.350. The summed E-state index contributed by atoms with van der Waals surface area (Å²) in [4.78, 5) is 11.7. The lowest BCUT2D eigenvalue weighted by molar-refractivity contribution is -0.142. The van der Waals surface area contributed by atoms with Gasteiger partial charge in [-0.1, -0.05) is 40.2 Å². The van der Waals surface area contributed by atoms with Crippen molar-refractivity contribution in [3.05, 3.63) is 63.1 Å². The highest BCUT2D eigenvalue weighted by Crippen LogP contribution is 2.31. The summed E-state index contributed by atoms with van der Waals surface area (Å²) in [5.74, 6) is 0.510. The van der Waals surface area contributed by atoms with Crippen LogP contribution in [0.1, 0.15) is 35.6 Å².